The number of hydrazone groups is 1. The number of nitrogens with zero attached hydrogens (tertiary/aromatic N) is 3. The van der Waals surface area contributed by atoms with E-state index >= 15 is 0 Å². The molecule has 0 aliphatic carbocycles. The summed E-state index contributed by atoms with van der Waals surface area (Å²) >= 11 is 0. The molecular weight excluding hydrogens is 392 g/mol. The number of hydrogen-bond acceptors (Lipinski definition) is 7. The van der Waals surface area contributed by atoms with Crippen LogP contribution in [0.3, 0.4) is 0 Å². The molecular formula is C20H22N4O6. The number of H-pyrrole nitrogens is 1. The van der Waals surface area contributed by atoms with Crippen LogP contribution in [0.1, 0.15) is 30.5 Å². The van der Waals surface area contributed by atoms with Gasteiger partial charge in [0, 0.05) is 25.5 Å². The van der Waals surface area contributed by atoms with E-state index in [1.54, 1.807) is 18.2 Å². The molecule has 0 fully saturated rings. The number of nitrogens with one attached hydrogen (secondary N) is 1. The van der Waals surface area contributed by atoms with Crippen molar-refractivity contribution in [1.82, 2.24) is 14.6 Å². The number of methoxy groups -OCH3 is 2. The van der Waals surface area contributed by atoms with Crippen molar-refractivity contribution in [2.45, 2.75) is 25.9 Å². The molecule has 1 aliphatic heterocycles. The zero-order chi connectivity index (χ0) is 22.0. The van der Waals surface area contributed by atoms with Crippen LogP contribution in [0.2, 0.25) is 0 Å². The minimum atomic E-state index is -0.793. The highest BCUT2D eigenvalue weighted by atomic mass is 16.5. The first-order chi connectivity index (χ1) is 14.3. The van der Waals surface area contributed by atoms with Gasteiger partial charge in [0.05, 0.1) is 26.0 Å². The third kappa shape index (κ3) is 3.59. The predicted molar refractivity (Wildman–Crippen MR) is 109 cm³/mol. The van der Waals surface area contributed by atoms with Gasteiger partial charge in [-0.2, -0.15) is 5.10 Å². The molecule has 0 spiro atoms. The number of carbonyl (C=O) groups is 1. The summed E-state index contributed by atoms with van der Waals surface area (Å²) in [6.07, 6.45) is 1.53. The Morgan fingerprint density at radius 2 is 2.10 bits per heavy atom. The lowest BCUT2D eigenvalue weighted by Crippen LogP contribution is -2.33. The maximum absolute atomic E-state index is 12.5. The lowest BCUT2D eigenvalue weighted by molar-refractivity contribution is -0.130. The smallest absolute Gasteiger partial charge is 0.331 e. The summed E-state index contributed by atoms with van der Waals surface area (Å²) in [6.45, 7) is 4.87. The fraction of sp³-hybridized carbons (Fsp3) is 0.300. The Hall–Kier alpha value is -3.82. The van der Waals surface area contributed by atoms with Gasteiger partial charge < -0.3 is 14.6 Å². The molecule has 0 saturated heterocycles. The topological polar surface area (TPSA) is 126 Å². The summed E-state index contributed by atoms with van der Waals surface area (Å²) in [5, 5.41) is 16.1. The number of carbonyl (C=O) groups excluding carboxylic acids is 1. The Morgan fingerprint density at radius 3 is 2.70 bits per heavy atom. The number of hydrogen-bond donors (Lipinski definition) is 2. The van der Waals surface area contributed by atoms with Gasteiger partial charge in [0.2, 0.25) is 11.8 Å². The molecule has 0 radical (unpaired) electrons. The lowest BCUT2D eigenvalue weighted by atomic mass is 9.98. The summed E-state index contributed by atoms with van der Waals surface area (Å²) in [6, 6.07) is 4.56. The van der Waals surface area contributed by atoms with E-state index in [4.69, 9.17) is 9.47 Å². The number of aromatic hydroxyl groups is 1. The summed E-state index contributed by atoms with van der Waals surface area (Å²) in [5.74, 6) is 0.167. The van der Waals surface area contributed by atoms with Crippen LogP contribution in [0, 0.1) is 0 Å². The molecule has 1 aromatic heterocycles. The maximum Gasteiger partial charge on any atom is 0.331 e. The van der Waals surface area contributed by atoms with Crippen LogP contribution < -0.4 is 20.7 Å². The van der Waals surface area contributed by atoms with Crippen LogP contribution in [0.4, 0.5) is 0 Å². The van der Waals surface area contributed by atoms with Gasteiger partial charge in [-0.15, -0.1) is 6.58 Å². The van der Waals surface area contributed by atoms with Crippen molar-refractivity contribution in [3.8, 4) is 17.4 Å². The van der Waals surface area contributed by atoms with Gasteiger partial charge in [0.15, 0.2) is 0 Å². The van der Waals surface area contributed by atoms with Gasteiger partial charge in [-0.3, -0.25) is 19.1 Å². The van der Waals surface area contributed by atoms with Crippen molar-refractivity contribution in [2.75, 3.05) is 14.2 Å². The molecule has 3 rings (SSSR count). The van der Waals surface area contributed by atoms with E-state index < -0.39 is 23.2 Å². The van der Waals surface area contributed by atoms with Crippen LogP contribution in [0.5, 0.6) is 17.4 Å². The molecule has 1 amide bonds. The van der Waals surface area contributed by atoms with Crippen molar-refractivity contribution in [2.24, 2.45) is 5.10 Å². The van der Waals surface area contributed by atoms with Gasteiger partial charge in [0.1, 0.15) is 17.1 Å². The fourth-order valence-electron chi connectivity index (χ4n) is 3.41. The molecule has 2 heterocycles. The number of benzene rings is 1. The Bertz CT molecular complexity index is 1150. The van der Waals surface area contributed by atoms with Gasteiger partial charge in [0.25, 0.3) is 5.56 Å². The maximum atomic E-state index is 12.5. The first kappa shape index (κ1) is 20.9. The van der Waals surface area contributed by atoms with E-state index in [0.29, 0.717) is 17.1 Å². The average molecular weight is 414 g/mol. The minimum Gasteiger partial charge on any atom is -0.497 e. The Labute approximate surface area is 171 Å². The predicted octanol–water partition coefficient (Wildman–Crippen LogP) is 1.14. The number of allylic oxidation sites excluding steroid dienone is 1. The van der Waals surface area contributed by atoms with Crippen molar-refractivity contribution in [3.63, 3.8) is 0 Å². The Morgan fingerprint density at radius 1 is 1.37 bits per heavy atom. The molecule has 30 heavy (non-hydrogen) atoms. The standard InChI is InChI=1S/C20H22N4O6/c1-5-8-23-19(27)17(18(26)21-20(23)28)14-10-15(24(22-14)11(2)25)13-9-12(29-3)6-7-16(13)30-4/h5-7,9,15,27H,1,8,10H2,2-4H3,(H,21,26,28)/t15-/m1/s1. The molecule has 10 heteroatoms. The zero-order valence-corrected chi connectivity index (χ0v) is 16.8. The zero-order valence-electron chi connectivity index (χ0n) is 16.8. The van der Waals surface area contributed by atoms with Crippen LogP contribution in [-0.2, 0) is 11.3 Å². The highest BCUT2D eigenvalue weighted by molar-refractivity contribution is 6.04. The second-order valence-electron chi connectivity index (χ2n) is 6.60. The first-order valence-corrected chi connectivity index (χ1v) is 9.08. The summed E-state index contributed by atoms with van der Waals surface area (Å²) < 4.78 is 11.7. The fourth-order valence-corrected chi connectivity index (χ4v) is 3.41. The number of ether oxygens (including phenoxy) is 2. The third-order valence-electron chi connectivity index (χ3n) is 4.80. The van der Waals surface area contributed by atoms with Crippen molar-refractivity contribution >= 4 is 11.6 Å². The summed E-state index contributed by atoms with van der Waals surface area (Å²) in [4.78, 5) is 38.9. The van der Waals surface area contributed by atoms with E-state index in [0.717, 1.165) is 4.57 Å². The monoisotopic (exact) mass is 414 g/mol. The first-order valence-electron chi connectivity index (χ1n) is 9.08. The van der Waals surface area contributed by atoms with Crippen molar-refractivity contribution in [3.05, 3.63) is 62.8 Å². The third-order valence-corrected chi connectivity index (χ3v) is 4.80. The largest absolute Gasteiger partial charge is 0.497 e. The van der Waals surface area contributed by atoms with Crippen LogP contribution >= 0.6 is 0 Å². The molecule has 1 atom stereocenters. The second-order valence-corrected chi connectivity index (χ2v) is 6.60. The minimum absolute atomic E-state index is 0.00865. The molecule has 1 aromatic carbocycles. The normalized spacial score (nSPS) is 15.6. The average Bonchev–Trinajstić information content (AvgIpc) is 3.15. The second kappa shape index (κ2) is 8.27. The van der Waals surface area contributed by atoms with Gasteiger partial charge in [-0.1, -0.05) is 6.08 Å². The summed E-state index contributed by atoms with van der Waals surface area (Å²) in [5.41, 5.74) is -0.947. The molecule has 0 unspecified atom stereocenters. The quantitative estimate of drug-likeness (QED) is 0.683. The number of aromatic amines is 1. The molecule has 0 bridgehead atoms. The van der Waals surface area contributed by atoms with E-state index in [1.165, 1.54) is 32.2 Å². The molecule has 2 N–H and O–H groups in total. The molecule has 2 aromatic rings. The molecule has 158 valence electrons. The van der Waals surface area contributed by atoms with E-state index in [1.807, 2.05) is 0 Å². The molecule has 10 nitrogen and oxygen atoms in total. The van der Waals surface area contributed by atoms with Crippen molar-refractivity contribution in [1.29, 1.82) is 0 Å². The lowest BCUT2D eigenvalue weighted by Gasteiger charge is -2.22. The number of rotatable bonds is 6. The number of amides is 1. The van der Waals surface area contributed by atoms with Crippen LogP contribution in [0.25, 0.3) is 0 Å². The van der Waals surface area contributed by atoms with E-state index in [9.17, 15) is 19.5 Å². The van der Waals surface area contributed by atoms with E-state index in [2.05, 4.69) is 16.7 Å². The van der Waals surface area contributed by atoms with Gasteiger partial charge >= 0.3 is 5.69 Å². The van der Waals surface area contributed by atoms with Gasteiger partial charge in [-0.05, 0) is 18.2 Å². The van der Waals surface area contributed by atoms with Gasteiger partial charge in [-0.25, -0.2) is 9.80 Å². The van der Waals surface area contributed by atoms with Crippen LogP contribution in [-0.4, -0.2) is 45.5 Å². The summed E-state index contributed by atoms with van der Waals surface area (Å²) in [7, 11) is 3.02. The van der Waals surface area contributed by atoms with E-state index in [-0.39, 0.29) is 30.1 Å². The SMILES string of the molecule is C=CCn1c(O)c(C2=NN(C(C)=O)[C@@H](c3cc(OC)ccc3OC)C2)c(=O)[nH]c1=O. The highest BCUT2D eigenvalue weighted by Crippen LogP contribution is 2.39. The Balaban J connectivity index is 2.14. The van der Waals surface area contributed by atoms with Crippen LogP contribution in [0.15, 0.2) is 45.5 Å². The molecule has 0 saturated carbocycles. The molecule has 1 aliphatic rings. The van der Waals surface area contributed by atoms with Crippen molar-refractivity contribution < 1.29 is 19.4 Å². The number of aromatic nitrogens is 2. The Kier molecular flexibility index (Phi) is 5.77. The highest BCUT2D eigenvalue weighted by Gasteiger charge is 2.36.